The molecule has 0 saturated heterocycles. The molecule has 0 unspecified atom stereocenters. The molecule has 0 saturated carbocycles. The third-order valence-corrected chi connectivity index (χ3v) is 6.19. The molecule has 1 aliphatic carbocycles. The summed E-state index contributed by atoms with van der Waals surface area (Å²) in [6, 6.07) is 14.0. The Kier molecular flexibility index (Phi) is 6.36. The minimum atomic E-state index is -0.820. The lowest BCUT2D eigenvalue weighted by molar-refractivity contribution is -0.143. The number of Topliss-reactive ketones (excluding diaryl/α,β-unsaturated/α-hetero) is 1. The van der Waals surface area contributed by atoms with Crippen molar-refractivity contribution >= 4 is 11.8 Å². The highest BCUT2D eigenvalue weighted by atomic mass is 19.1. The molecule has 5 nitrogen and oxygen atoms in total. The summed E-state index contributed by atoms with van der Waals surface area (Å²) in [6.07, 6.45) is 0.458. The van der Waals surface area contributed by atoms with Crippen LogP contribution in [-0.4, -0.2) is 25.0 Å². The second kappa shape index (κ2) is 9.22. The van der Waals surface area contributed by atoms with Crippen molar-refractivity contribution in [2.45, 2.75) is 51.6 Å². The molecule has 1 N–H and O–H groups in total. The molecule has 2 atom stereocenters. The van der Waals surface area contributed by atoms with E-state index in [4.69, 9.17) is 9.47 Å². The van der Waals surface area contributed by atoms with Gasteiger partial charge in [0.25, 0.3) is 0 Å². The van der Waals surface area contributed by atoms with Gasteiger partial charge in [-0.2, -0.15) is 0 Å². The molecule has 6 heteroatoms. The van der Waals surface area contributed by atoms with Crippen LogP contribution in [0.1, 0.15) is 56.6 Å². The maximum atomic E-state index is 15.0. The average Bonchev–Trinajstić information content (AvgIpc) is 2.77. The quantitative estimate of drug-likeness (QED) is 0.640. The lowest BCUT2D eigenvalue weighted by Gasteiger charge is -2.37. The summed E-state index contributed by atoms with van der Waals surface area (Å²) in [6.45, 7) is 5.29. The van der Waals surface area contributed by atoms with Crippen LogP contribution in [0, 0.1) is 5.82 Å². The molecule has 4 rings (SSSR count). The van der Waals surface area contributed by atoms with Crippen molar-refractivity contribution in [2.75, 3.05) is 7.11 Å². The van der Waals surface area contributed by atoms with E-state index < -0.39 is 17.7 Å². The second-order valence-electron chi connectivity index (χ2n) is 8.73. The molecule has 1 aliphatic heterocycles. The van der Waals surface area contributed by atoms with Gasteiger partial charge in [0.2, 0.25) is 0 Å². The second-order valence-corrected chi connectivity index (χ2v) is 8.73. The van der Waals surface area contributed by atoms with Gasteiger partial charge in [0.05, 0.1) is 24.7 Å². The summed E-state index contributed by atoms with van der Waals surface area (Å²) >= 11 is 0. The Bertz CT molecular complexity index is 1160. The van der Waals surface area contributed by atoms with Gasteiger partial charge >= 0.3 is 5.97 Å². The minimum absolute atomic E-state index is 0.0851. The van der Waals surface area contributed by atoms with Gasteiger partial charge in [-0.1, -0.05) is 36.4 Å². The van der Waals surface area contributed by atoms with Crippen LogP contribution < -0.4 is 10.1 Å². The number of ether oxygens (including phenoxy) is 2. The van der Waals surface area contributed by atoms with Crippen LogP contribution >= 0.6 is 0 Å². The van der Waals surface area contributed by atoms with Crippen molar-refractivity contribution in [3.63, 3.8) is 0 Å². The van der Waals surface area contributed by atoms with E-state index in [-0.39, 0.29) is 29.8 Å². The van der Waals surface area contributed by atoms with Gasteiger partial charge in [0.1, 0.15) is 11.6 Å². The van der Waals surface area contributed by atoms with Crippen LogP contribution in [0.2, 0.25) is 0 Å². The smallest absolute Gasteiger partial charge is 0.337 e. The van der Waals surface area contributed by atoms with Crippen molar-refractivity contribution in [1.82, 2.24) is 5.32 Å². The van der Waals surface area contributed by atoms with Crippen molar-refractivity contribution < 1.29 is 23.5 Å². The number of esters is 1. The van der Waals surface area contributed by atoms with E-state index in [1.807, 2.05) is 24.3 Å². The first-order valence-corrected chi connectivity index (χ1v) is 11.1. The number of hydrogen-bond donors (Lipinski definition) is 1. The molecule has 2 aromatic carbocycles. The molecule has 0 spiro atoms. The molecular formula is C27H28FNO4. The summed E-state index contributed by atoms with van der Waals surface area (Å²) < 4.78 is 26.0. The number of methoxy groups -OCH3 is 1. The van der Waals surface area contributed by atoms with Crippen LogP contribution in [0.4, 0.5) is 4.39 Å². The monoisotopic (exact) mass is 449 g/mol. The number of ketones is 1. The van der Waals surface area contributed by atoms with Gasteiger partial charge in [-0.25, -0.2) is 9.18 Å². The first kappa shape index (κ1) is 22.8. The fourth-order valence-corrected chi connectivity index (χ4v) is 4.83. The van der Waals surface area contributed by atoms with Crippen LogP contribution in [0.15, 0.2) is 71.1 Å². The minimum Gasteiger partial charge on any atom is -0.496 e. The topological polar surface area (TPSA) is 64.6 Å². The van der Waals surface area contributed by atoms with E-state index in [1.165, 1.54) is 6.07 Å². The number of carbonyl (C=O) groups excluding carboxylic acids is 2. The molecule has 0 radical (unpaired) electrons. The largest absolute Gasteiger partial charge is 0.496 e. The molecule has 2 aliphatic rings. The Balaban J connectivity index is 1.82. The molecule has 0 amide bonds. The maximum Gasteiger partial charge on any atom is 0.337 e. The van der Waals surface area contributed by atoms with Gasteiger partial charge in [-0.3, -0.25) is 4.79 Å². The number of carbonyl (C=O) groups is 2. The van der Waals surface area contributed by atoms with Gasteiger partial charge in [-0.05, 0) is 44.9 Å². The van der Waals surface area contributed by atoms with E-state index in [1.54, 1.807) is 46.1 Å². The third kappa shape index (κ3) is 4.30. The highest BCUT2D eigenvalue weighted by Gasteiger charge is 2.42. The number of para-hydroxylation sites is 1. The van der Waals surface area contributed by atoms with Crippen molar-refractivity contribution in [2.24, 2.45) is 0 Å². The Morgan fingerprint density at radius 2 is 1.73 bits per heavy atom. The van der Waals surface area contributed by atoms with Crippen LogP contribution in [0.3, 0.4) is 0 Å². The molecular weight excluding hydrogens is 421 g/mol. The molecule has 0 bridgehead atoms. The molecule has 0 fully saturated rings. The molecule has 1 heterocycles. The highest BCUT2D eigenvalue weighted by molar-refractivity contribution is 6.04. The summed E-state index contributed by atoms with van der Waals surface area (Å²) in [5.41, 5.74) is 3.25. The van der Waals surface area contributed by atoms with Crippen molar-refractivity contribution in [1.29, 1.82) is 0 Å². The lowest BCUT2D eigenvalue weighted by Crippen LogP contribution is -2.36. The van der Waals surface area contributed by atoms with Gasteiger partial charge in [-0.15, -0.1) is 0 Å². The Hall–Kier alpha value is -3.41. The number of benzene rings is 2. The van der Waals surface area contributed by atoms with E-state index in [2.05, 4.69) is 5.32 Å². The standard InChI is InChI=1S/C27H28FNO4/c1-15(2)33-27(31)24-16(3)29-21-13-17(18-9-6-8-12-23(18)32-4)14-22(30)26(21)25(24)19-10-5-7-11-20(19)28/h5-12,15,17,25,29H,13-14H2,1-4H3/t17-,25+/m1/s1. The zero-order chi connectivity index (χ0) is 23.7. The fourth-order valence-electron chi connectivity index (χ4n) is 4.83. The molecule has 172 valence electrons. The molecule has 2 aromatic rings. The first-order chi connectivity index (χ1) is 15.8. The Morgan fingerprint density at radius 3 is 2.39 bits per heavy atom. The van der Waals surface area contributed by atoms with E-state index in [0.717, 1.165) is 11.3 Å². The third-order valence-electron chi connectivity index (χ3n) is 6.19. The zero-order valence-corrected chi connectivity index (χ0v) is 19.3. The van der Waals surface area contributed by atoms with E-state index >= 15 is 0 Å². The number of dihydropyridines is 1. The van der Waals surface area contributed by atoms with Crippen LogP contribution in [0.5, 0.6) is 5.75 Å². The summed E-state index contributed by atoms with van der Waals surface area (Å²) in [7, 11) is 1.61. The number of allylic oxidation sites excluding steroid dienone is 3. The summed E-state index contributed by atoms with van der Waals surface area (Å²) in [4.78, 5) is 26.6. The predicted octanol–water partition coefficient (Wildman–Crippen LogP) is 5.15. The van der Waals surface area contributed by atoms with Crippen LogP contribution in [-0.2, 0) is 14.3 Å². The highest BCUT2D eigenvalue weighted by Crippen LogP contribution is 2.47. The maximum absolute atomic E-state index is 15.0. The van der Waals surface area contributed by atoms with Crippen molar-refractivity contribution in [3.8, 4) is 5.75 Å². The van der Waals surface area contributed by atoms with Crippen LogP contribution in [0.25, 0.3) is 0 Å². The normalized spacial score (nSPS) is 20.5. The summed E-state index contributed by atoms with van der Waals surface area (Å²) in [5.74, 6) is -1.30. The van der Waals surface area contributed by atoms with E-state index in [0.29, 0.717) is 29.0 Å². The van der Waals surface area contributed by atoms with Crippen molar-refractivity contribution in [3.05, 3.63) is 88.0 Å². The number of nitrogens with one attached hydrogen (secondary N) is 1. The number of hydrogen-bond acceptors (Lipinski definition) is 5. The Morgan fingerprint density at radius 1 is 1.06 bits per heavy atom. The fraction of sp³-hybridized carbons (Fsp3) is 0.333. The van der Waals surface area contributed by atoms with Gasteiger partial charge in [0.15, 0.2) is 5.78 Å². The lowest BCUT2D eigenvalue weighted by atomic mass is 9.71. The Labute approximate surface area is 193 Å². The number of halogens is 1. The average molecular weight is 450 g/mol. The SMILES string of the molecule is COc1ccccc1[C@H]1CC(=O)C2=C(C1)NC(C)=C(C(=O)OC(C)C)[C@@H]2c1ccccc1F. The predicted molar refractivity (Wildman–Crippen MR) is 123 cm³/mol. The van der Waals surface area contributed by atoms with E-state index in [9.17, 15) is 14.0 Å². The van der Waals surface area contributed by atoms with Gasteiger partial charge in [0, 0.05) is 34.9 Å². The molecule has 0 aromatic heterocycles. The van der Waals surface area contributed by atoms with Gasteiger partial charge < -0.3 is 14.8 Å². The zero-order valence-electron chi connectivity index (χ0n) is 19.3. The first-order valence-electron chi connectivity index (χ1n) is 11.1. The molecule has 33 heavy (non-hydrogen) atoms. The number of rotatable bonds is 5. The summed E-state index contributed by atoms with van der Waals surface area (Å²) in [5, 5.41) is 3.28.